The maximum absolute atomic E-state index is 12.4. The summed E-state index contributed by atoms with van der Waals surface area (Å²) in [5, 5.41) is 10.7. The number of hydrogen-bond donors (Lipinski definition) is 0. The smallest absolute Gasteiger partial charge is 0.229 e. The maximum Gasteiger partial charge on any atom is 0.229 e. The summed E-state index contributed by atoms with van der Waals surface area (Å²) in [6, 6.07) is 13.9. The van der Waals surface area contributed by atoms with Gasteiger partial charge in [-0.1, -0.05) is 48.0 Å². The Balaban J connectivity index is 2.45. The Labute approximate surface area is 110 Å². The van der Waals surface area contributed by atoms with Crippen LogP contribution in [-0.2, 0) is 6.54 Å². The molecule has 4 nitrogen and oxygen atoms in total. The normalized spacial score (nSPS) is 10.2. The van der Waals surface area contributed by atoms with Crippen LogP contribution in [0.3, 0.4) is 0 Å². The van der Waals surface area contributed by atoms with Crippen molar-refractivity contribution in [3.63, 3.8) is 0 Å². The number of ketones is 1. The van der Waals surface area contributed by atoms with E-state index < -0.39 is 4.92 Å². The summed E-state index contributed by atoms with van der Waals surface area (Å²) in [6.45, 7) is 1.52. The molecular formula is C15H13NO3. The van der Waals surface area contributed by atoms with E-state index in [0.717, 1.165) is 5.56 Å². The lowest BCUT2D eigenvalue weighted by Gasteiger charge is -2.07. The Kier molecular flexibility index (Phi) is 3.71. The van der Waals surface area contributed by atoms with Gasteiger partial charge in [-0.05, 0) is 13.0 Å². The SMILES string of the molecule is Cc1ccc(C[N+](=O)[O-])c(C(=O)c2ccccc2)c1. The first kappa shape index (κ1) is 13.0. The Morgan fingerprint density at radius 3 is 2.47 bits per heavy atom. The van der Waals surface area contributed by atoms with Gasteiger partial charge in [0, 0.05) is 21.6 Å². The highest BCUT2D eigenvalue weighted by Crippen LogP contribution is 2.17. The third-order valence-electron chi connectivity index (χ3n) is 2.85. The second-order valence-electron chi connectivity index (χ2n) is 4.35. The molecule has 0 spiro atoms. The summed E-state index contributed by atoms with van der Waals surface area (Å²) in [6.07, 6.45) is 0. The zero-order chi connectivity index (χ0) is 13.8. The highest BCUT2D eigenvalue weighted by Gasteiger charge is 2.16. The van der Waals surface area contributed by atoms with Crippen molar-refractivity contribution in [3.8, 4) is 0 Å². The Morgan fingerprint density at radius 1 is 1.16 bits per heavy atom. The monoisotopic (exact) mass is 255 g/mol. The van der Waals surface area contributed by atoms with Crippen LogP contribution in [0, 0.1) is 17.0 Å². The number of aryl methyl sites for hydroxylation is 1. The van der Waals surface area contributed by atoms with Crippen LogP contribution in [0.25, 0.3) is 0 Å². The minimum atomic E-state index is -0.424. The molecule has 0 aromatic heterocycles. The molecule has 96 valence electrons. The van der Waals surface area contributed by atoms with Crippen molar-refractivity contribution in [2.45, 2.75) is 13.5 Å². The number of benzene rings is 2. The molecule has 0 N–H and O–H groups in total. The summed E-state index contributed by atoms with van der Waals surface area (Å²) >= 11 is 0. The second kappa shape index (κ2) is 5.44. The molecule has 0 heterocycles. The molecule has 4 heteroatoms. The molecule has 2 aromatic carbocycles. The van der Waals surface area contributed by atoms with Gasteiger partial charge in [0.25, 0.3) is 0 Å². The maximum atomic E-state index is 12.4. The van der Waals surface area contributed by atoms with E-state index in [1.807, 2.05) is 13.0 Å². The van der Waals surface area contributed by atoms with E-state index in [-0.39, 0.29) is 12.3 Å². The Hall–Kier alpha value is -2.49. The van der Waals surface area contributed by atoms with E-state index >= 15 is 0 Å². The number of hydrogen-bond acceptors (Lipinski definition) is 3. The lowest BCUT2D eigenvalue weighted by atomic mass is 9.96. The van der Waals surface area contributed by atoms with Crippen molar-refractivity contribution in [2.24, 2.45) is 0 Å². The number of rotatable bonds is 4. The van der Waals surface area contributed by atoms with Gasteiger partial charge in [-0.15, -0.1) is 0 Å². The quantitative estimate of drug-likeness (QED) is 0.479. The molecule has 0 atom stereocenters. The fourth-order valence-electron chi connectivity index (χ4n) is 1.92. The number of nitro groups is 1. The molecule has 0 unspecified atom stereocenters. The van der Waals surface area contributed by atoms with Gasteiger partial charge >= 0.3 is 0 Å². The zero-order valence-corrected chi connectivity index (χ0v) is 10.5. The second-order valence-corrected chi connectivity index (χ2v) is 4.35. The van der Waals surface area contributed by atoms with E-state index in [2.05, 4.69) is 0 Å². The van der Waals surface area contributed by atoms with Gasteiger partial charge in [-0.3, -0.25) is 14.9 Å². The summed E-state index contributed by atoms with van der Waals surface area (Å²) in [5.41, 5.74) is 2.30. The molecule has 0 amide bonds. The van der Waals surface area contributed by atoms with E-state index in [4.69, 9.17) is 0 Å². The molecule has 0 bridgehead atoms. The summed E-state index contributed by atoms with van der Waals surface area (Å²) in [7, 11) is 0. The first-order valence-corrected chi connectivity index (χ1v) is 5.89. The van der Waals surface area contributed by atoms with Crippen molar-refractivity contribution in [1.29, 1.82) is 0 Å². The molecule has 2 aromatic rings. The zero-order valence-electron chi connectivity index (χ0n) is 10.5. The van der Waals surface area contributed by atoms with Crippen LogP contribution in [0.5, 0.6) is 0 Å². The van der Waals surface area contributed by atoms with Gasteiger partial charge in [-0.2, -0.15) is 0 Å². The van der Waals surface area contributed by atoms with Gasteiger partial charge in [0.1, 0.15) is 0 Å². The third-order valence-corrected chi connectivity index (χ3v) is 2.85. The summed E-state index contributed by atoms with van der Waals surface area (Å²) in [4.78, 5) is 22.6. The van der Waals surface area contributed by atoms with Gasteiger partial charge in [0.15, 0.2) is 5.78 Å². The number of carbonyl (C=O) groups is 1. The van der Waals surface area contributed by atoms with Crippen molar-refractivity contribution >= 4 is 5.78 Å². The van der Waals surface area contributed by atoms with Crippen LogP contribution >= 0.6 is 0 Å². The predicted molar refractivity (Wildman–Crippen MR) is 71.8 cm³/mol. The average molecular weight is 255 g/mol. The lowest BCUT2D eigenvalue weighted by Crippen LogP contribution is -2.09. The molecule has 0 saturated heterocycles. The predicted octanol–water partition coefficient (Wildman–Crippen LogP) is 3.00. The highest BCUT2D eigenvalue weighted by molar-refractivity contribution is 6.10. The molecule has 0 aliphatic heterocycles. The van der Waals surface area contributed by atoms with Crippen molar-refractivity contribution < 1.29 is 9.72 Å². The van der Waals surface area contributed by atoms with Crippen molar-refractivity contribution in [3.05, 3.63) is 80.9 Å². The molecule has 19 heavy (non-hydrogen) atoms. The molecule has 2 rings (SSSR count). The van der Waals surface area contributed by atoms with Crippen LogP contribution in [0.15, 0.2) is 48.5 Å². The van der Waals surface area contributed by atoms with Crippen molar-refractivity contribution in [2.75, 3.05) is 0 Å². The fourth-order valence-corrected chi connectivity index (χ4v) is 1.92. The molecule has 0 radical (unpaired) electrons. The highest BCUT2D eigenvalue weighted by atomic mass is 16.6. The van der Waals surface area contributed by atoms with E-state index in [1.165, 1.54) is 0 Å². The van der Waals surface area contributed by atoms with Gasteiger partial charge in [0.2, 0.25) is 6.54 Å². The minimum Gasteiger partial charge on any atom is -0.289 e. The topological polar surface area (TPSA) is 60.2 Å². The van der Waals surface area contributed by atoms with Crippen LogP contribution in [0.2, 0.25) is 0 Å². The number of nitrogens with zero attached hydrogens (tertiary/aromatic N) is 1. The Morgan fingerprint density at radius 2 is 1.84 bits per heavy atom. The third kappa shape index (κ3) is 3.04. The first-order valence-electron chi connectivity index (χ1n) is 5.89. The summed E-state index contributed by atoms with van der Waals surface area (Å²) in [5.74, 6) is -0.179. The van der Waals surface area contributed by atoms with E-state index in [0.29, 0.717) is 16.7 Å². The van der Waals surface area contributed by atoms with Crippen LogP contribution in [-0.4, -0.2) is 10.7 Å². The average Bonchev–Trinajstić information content (AvgIpc) is 2.40. The fraction of sp³-hybridized carbons (Fsp3) is 0.133. The largest absolute Gasteiger partial charge is 0.289 e. The van der Waals surface area contributed by atoms with Crippen molar-refractivity contribution in [1.82, 2.24) is 0 Å². The molecule has 0 aliphatic carbocycles. The van der Waals surface area contributed by atoms with E-state index in [9.17, 15) is 14.9 Å². The first-order chi connectivity index (χ1) is 9.08. The van der Waals surface area contributed by atoms with Gasteiger partial charge < -0.3 is 0 Å². The molecule has 0 aliphatic rings. The molecular weight excluding hydrogens is 242 g/mol. The molecule has 0 fully saturated rings. The Bertz CT molecular complexity index is 621. The lowest BCUT2D eigenvalue weighted by molar-refractivity contribution is -0.496. The number of carbonyl (C=O) groups excluding carboxylic acids is 1. The van der Waals surface area contributed by atoms with Gasteiger partial charge in [0.05, 0.1) is 0 Å². The van der Waals surface area contributed by atoms with Crippen LogP contribution in [0.4, 0.5) is 0 Å². The minimum absolute atomic E-state index is 0.179. The standard InChI is InChI=1S/C15H13NO3/c1-11-7-8-13(10-16(18)19)14(9-11)15(17)12-5-3-2-4-6-12/h2-9H,10H2,1H3. The summed E-state index contributed by atoms with van der Waals surface area (Å²) < 4.78 is 0. The van der Waals surface area contributed by atoms with Crippen LogP contribution < -0.4 is 0 Å². The molecule has 0 saturated carbocycles. The van der Waals surface area contributed by atoms with E-state index in [1.54, 1.807) is 42.5 Å². The van der Waals surface area contributed by atoms with Crippen LogP contribution in [0.1, 0.15) is 27.0 Å². The van der Waals surface area contributed by atoms with Gasteiger partial charge in [-0.25, -0.2) is 0 Å².